The van der Waals surface area contributed by atoms with Gasteiger partial charge >= 0.3 is 5.97 Å². The number of carboxylic acid groups (broad SMARTS) is 1. The Morgan fingerprint density at radius 1 is 0.570 bits per heavy atom. The number of aromatic amines is 2. The molecular formula is C67H60N6O6. The fourth-order valence-corrected chi connectivity index (χ4v) is 11.7. The van der Waals surface area contributed by atoms with E-state index in [1.54, 1.807) is 31.4 Å². The van der Waals surface area contributed by atoms with Crippen LogP contribution in [0.15, 0.2) is 182 Å². The first kappa shape index (κ1) is 50.6. The van der Waals surface area contributed by atoms with Gasteiger partial charge in [0.15, 0.2) is 0 Å². The Hall–Kier alpha value is -9.23. The molecule has 2 aromatic heterocycles. The minimum Gasteiger partial charge on any atom is -0.497 e. The van der Waals surface area contributed by atoms with Gasteiger partial charge in [-0.05, 0) is 148 Å². The highest BCUT2D eigenvalue weighted by Crippen LogP contribution is 2.42. The lowest BCUT2D eigenvalue weighted by Gasteiger charge is -2.31. The molecule has 0 aliphatic carbocycles. The number of methoxy groups -OCH3 is 1. The monoisotopic (exact) mass is 1040 g/mol. The highest BCUT2D eigenvalue weighted by Gasteiger charge is 2.36. The molecule has 10 aromatic rings. The van der Waals surface area contributed by atoms with Crippen LogP contribution in [0.1, 0.15) is 83.9 Å². The second-order valence-corrected chi connectivity index (χ2v) is 20.7. The van der Waals surface area contributed by atoms with Crippen molar-refractivity contribution in [2.24, 2.45) is 0 Å². The number of nitrogens with one attached hydrogen (secondary N) is 6. The zero-order valence-electron chi connectivity index (χ0n) is 44.2. The van der Waals surface area contributed by atoms with Gasteiger partial charge in [-0.25, -0.2) is 4.79 Å². The summed E-state index contributed by atoms with van der Waals surface area (Å²) in [5.74, 6) is 0.309. The van der Waals surface area contributed by atoms with Crippen LogP contribution in [-0.2, 0) is 42.1 Å². The fourth-order valence-electron chi connectivity index (χ4n) is 11.7. The Balaban J connectivity index is 0.808. The van der Waals surface area contributed by atoms with Crippen molar-refractivity contribution in [2.75, 3.05) is 7.11 Å². The van der Waals surface area contributed by atoms with Gasteiger partial charge < -0.3 is 35.2 Å². The molecule has 0 unspecified atom stereocenters. The average Bonchev–Trinajstić information content (AvgIpc) is 4.09. The highest BCUT2D eigenvalue weighted by atomic mass is 16.5. The quantitative estimate of drug-likeness (QED) is 0.0532. The number of fused-ring (bicyclic) bond motifs is 6. The number of rotatable bonds is 15. The Labute approximate surface area is 458 Å². The molecule has 8 aromatic carbocycles. The molecule has 394 valence electrons. The van der Waals surface area contributed by atoms with Crippen LogP contribution in [0.25, 0.3) is 44.1 Å². The molecular weight excluding hydrogens is 985 g/mol. The summed E-state index contributed by atoms with van der Waals surface area (Å²) in [6.07, 6.45) is 0.983. The minimum absolute atomic E-state index is 0.0559. The number of benzene rings is 8. The van der Waals surface area contributed by atoms with Crippen LogP contribution in [0.2, 0.25) is 0 Å². The molecule has 4 heterocycles. The van der Waals surface area contributed by atoms with Crippen molar-refractivity contribution >= 4 is 39.6 Å². The molecule has 7 N–H and O–H groups in total. The lowest BCUT2D eigenvalue weighted by atomic mass is 9.87. The Morgan fingerprint density at radius 3 is 1.84 bits per heavy atom. The van der Waals surface area contributed by atoms with Crippen LogP contribution in [-0.4, -0.2) is 52.1 Å². The van der Waals surface area contributed by atoms with Gasteiger partial charge in [0.2, 0.25) is 11.8 Å². The average molecular weight is 1050 g/mol. The van der Waals surface area contributed by atoms with Gasteiger partial charge in [0, 0.05) is 46.3 Å². The summed E-state index contributed by atoms with van der Waals surface area (Å²) in [4.78, 5) is 47.4. The number of ether oxygens (including phenoxy) is 2. The number of carbonyl (C=O) groups excluding carboxylic acids is 2. The second kappa shape index (κ2) is 21.7. The lowest BCUT2D eigenvalue weighted by Crippen LogP contribution is -2.49. The number of para-hydroxylation sites is 1. The normalized spacial score (nSPS) is 16.7. The summed E-state index contributed by atoms with van der Waals surface area (Å²) in [5, 5.41) is 25.4. The van der Waals surface area contributed by atoms with Gasteiger partial charge in [-0.1, -0.05) is 133 Å². The summed E-state index contributed by atoms with van der Waals surface area (Å²) in [5.41, 5.74) is 17.8. The van der Waals surface area contributed by atoms with E-state index in [0.29, 0.717) is 31.7 Å². The van der Waals surface area contributed by atoms with Crippen LogP contribution < -0.4 is 30.7 Å². The predicted molar refractivity (Wildman–Crippen MR) is 309 cm³/mol. The summed E-state index contributed by atoms with van der Waals surface area (Å²) in [6, 6.07) is 58.8. The smallest absolute Gasteiger partial charge is 0.335 e. The van der Waals surface area contributed by atoms with Gasteiger partial charge in [-0.2, -0.15) is 0 Å². The van der Waals surface area contributed by atoms with Crippen LogP contribution in [0.4, 0.5) is 0 Å². The molecule has 2 aliphatic rings. The molecule has 0 bridgehead atoms. The standard InChI is InChI=1S/C67H60N6O6/c1-39-32-49(78-3)33-40(2)55(39)37-69-66(75)58-34-53-51-16-9-10-18-56(51)70-63(53)61(72-58)45-28-30-48(31-29-45)79-38-47-14-7-8-15-50(47)52-17-11-19-57-60(52)54-35-59(65(74)68-36-41-20-22-46(23-21-41)67(76)77)73-62(64(54)71-57)44-26-24-43(25-27-44)42-12-5-4-6-13-42/h4-33,58-59,61-62,70-73H,34-38H2,1-3H3,(H,68,74)(H,69,75)(H,76,77)/t58-,59-,61+,62+/m1/s1. The topological polar surface area (TPSA) is 170 Å². The number of aromatic carboxylic acids is 1. The molecule has 0 radical (unpaired) electrons. The van der Waals surface area contributed by atoms with E-state index >= 15 is 0 Å². The molecule has 12 nitrogen and oxygen atoms in total. The summed E-state index contributed by atoms with van der Waals surface area (Å²) >= 11 is 0. The van der Waals surface area contributed by atoms with E-state index in [1.165, 1.54) is 0 Å². The number of carboxylic acids is 1. The van der Waals surface area contributed by atoms with Crippen molar-refractivity contribution < 1.29 is 29.0 Å². The number of carbonyl (C=O) groups is 3. The van der Waals surface area contributed by atoms with E-state index in [9.17, 15) is 19.5 Å². The third-order valence-corrected chi connectivity index (χ3v) is 15.8. The first-order valence-electron chi connectivity index (χ1n) is 26.8. The molecule has 2 aliphatic heterocycles. The Morgan fingerprint density at radius 2 is 1.14 bits per heavy atom. The molecule has 4 atom stereocenters. The fraction of sp³-hybridized carbons (Fsp3) is 0.179. The zero-order valence-corrected chi connectivity index (χ0v) is 44.2. The summed E-state index contributed by atoms with van der Waals surface area (Å²) in [7, 11) is 1.67. The molecule has 0 saturated carbocycles. The van der Waals surface area contributed by atoms with Crippen LogP contribution in [0.3, 0.4) is 0 Å². The van der Waals surface area contributed by atoms with Crippen LogP contribution in [0.5, 0.6) is 11.5 Å². The van der Waals surface area contributed by atoms with E-state index in [2.05, 4.69) is 122 Å². The zero-order chi connectivity index (χ0) is 54.1. The van der Waals surface area contributed by atoms with Gasteiger partial charge in [0.25, 0.3) is 0 Å². The highest BCUT2D eigenvalue weighted by molar-refractivity contribution is 6.00. The van der Waals surface area contributed by atoms with Gasteiger partial charge in [-0.15, -0.1) is 0 Å². The van der Waals surface area contributed by atoms with Gasteiger partial charge in [-0.3, -0.25) is 20.2 Å². The van der Waals surface area contributed by atoms with Crippen molar-refractivity contribution in [1.82, 2.24) is 31.2 Å². The van der Waals surface area contributed by atoms with Gasteiger partial charge in [0.1, 0.15) is 18.1 Å². The number of aromatic nitrogens is 2. The van der Waals surface area contributed by atoms with Crippen molar-refractivity contribution in [3.63, 3.8) is 0 Å². The second-order valence-electron chi connectivity index (χ2n) is 20.7. The van der Waals surface area contributed by atoms with E-state index in [4.69, 9.17) is 9.47 Å². The third-order valence-electron chi connectivity index (χ3n) is 15.8. The third kappa shape index (κ3) is 10.2. The van der Waals surface area contributed by atoms with E-state index < -0.39 is 18.1 Å². The number of hydrogen-bond acceptors (Lipinski definition) is 7. The predicted octanol–water partition coefficient (Wildman–Crippen LogP) is 11.7. The minimum atomic E-state index is -0.997. The molecule has 2 amide bonds. The van der Waals surface area contributed by atoms with Crippen molar-refractivity contribution in [1.29, 1.82) is 0 Å². The SMILES string of the molecule is COc1cc(C)c(CNC(=O)[C@H]2Cc3c([nH]c4ccccc34)[C@H](c3ccc(OCc4ccccc4-c4cccc5[nH]c6c(c45)C[C@H](C(=O)NCc4ccc(C(=O)O)cc4)N[C@H]6c4ccc(-c5ccccc5)cc4)cc3)N2)c(C)c1. The Bertz CT molecular complexity index is 3880. The molecule has 12 rings (SSSR count). The Kier molecular flexibility index (Phi) is 13.9. The molecule has 79 heavy (non-hydrogen) atoms. The molecule has 12 heteroatoms. The maximum Gasteiger partial charge on any atom is 0.335 e. The number of hydrogen-bond donors (Lipinski definition) is 7. The van der Waals surface area contributed by atoms with Crippen molar-refractivity contribution in [2.45, 2.75) is 70.6 Å². The molecule has 0 fully saturated rings. The number of H-pyrrole nitrogens is 2. The van der Waals surface area contributed by atoms with Crippen LogP contribution >= 0.6 is 0 Å². The first-order chi connectivity index (χ1) is 38.6. The van der Waals surface area contributed by atoms with Gasteiger partial charge in [0.05, 0.1) is 36.8 Å². The van der Waals surface area contributed by atoms with E-state index in [-0.39, 0.29) is 36.0 Å². The van der Waals surface area contributed by atoms with Crippen molar-refractivity contribution in [3.05, 3.63) is 249 Å². The van der Waals surface area contributed by atoms with E-state index in [1.807, 2.05) is 80.6 Å². The summed E-state index contributed by atoms with van der Waals surface area (Å²) in [6.45, 7) is 5.07. The van der Waals surface area contributed by atoms with E-state index in [0.717, 1.165) is 111 Å². The maximum absolute atomic E-state index is 14.3. The lowest BCUT2D eigenvalue weighted by molar-refractivity contribution is -0.124. The van der Waals surface area contributed by atoms with Crippen molar-refractivity contribution in [3.8, 4) is 33.8 Å². The largest absolute Gasteiger partial charge is 0.497 e. The summed E-state index contributed by atoms with van der Waals surface area (Å²) < 4.78 is 12.1. The molecule has 0 saturated heterocycles. The molecule has 0 spiro atoms. The number of aryl methyl sites for hydroxylation is 2. The number of amides is 2. The maximum atomic E-state index is 14.3. The van der Waals surface area contributed by atoms with Crippen LogP contribution in [0, 0.1) is 13.8 Å². The first-order valence-corrected chi connectivity index (χ1v) is 26.8.